The summed E-state index contributed by atoms with van der Waals surface area (Å²) in [5.41, 5.74) is 5.05. The summed E-state index contributed by atoms with van der Waals surface area (Å²) < 4.78 is 29.7. The Hall–Kier alpha value is -2.86. The van der Waals surface area contributed by atoms with Crippen molar-refractivity contribution in [1.82, 2.24) is 14.6 Å². The SMILES string of the molecule is CN=C[C@@]1(c2ccc3c(N)ncnn23)O[C@H](COP(=O)(O)Oc2ccccc2)[C@@H](O)[C@H]1O. The molecule has 1 fully saturated rings. The van der Waals surface area contributed by atoms with Crippen LogP contribution in [0.25, 0.3) is 5.52 Å². The summed E-state index contributed by atoms with van der Waals surface area (Å²) in [6.07, 6.45) is -1.60. The molecule has 1 aromatic carbocycles. The van der Waals surface area contributed by atoms with Gasteiger partial charge in [-0.05, 0) is 24.3 Å². The van der Waals surface area contributed by atoms with Crippen LogP contribution >= 0.6 is 7.82 Å². The summed E-state index contributed by atoms with van der Waals surface area (Å²) in [7, 11) is -3.05. The highest BCUT2D eigenvalue weighted by atomic mass is 31.2. The molecule has 0 bridgehead atoms. The summed E-state index contributed by atoms with van der Waals surface area (Å²) in [4.78, 5) is 17.9. The zero-order chi connectivity index (χ0) is 22.9. The van der Waals surface area contributed by atoms with Gasteiger partial charge in [-0.1, -0.05) is 18.2 Å². The number of hydrogen-bond acceptors (Lipinski definition) is 10. The Morgan fingerprint density at radius 1 is 1.31 bits per heavy atom. The van der Waals surface area contributed by atoms with Crippen LogP contribution < -0.4 is 10.3 Å². The monoisotopic (exact) mass is 463 g/mol. The summed E-state index contributed by atoms with van der Waals surface area (Å²) in [5.74, 6) is 0.345. The summed E-state index contributed by atoms with van der Waals surface area (Å²) in [6.45, 7) is -0.543. The number of nitrogens with zero attached hydrogens (tertiary/aromatic N) is 4. The molecule has 1 aliphatic rings. The predicted octanol–water partition coefficient (Wildman–Crippen LogP) is 0.524. The molecule has 0 saturated carbocycles. The fourth-order valence-corrected chi connectivity index (χ4v) is 4.39. The number of para-hydroxylation sites is 1. The van der Waals surface area contributed by atoms with Crippen molar-refractivity contribution in [2.45, 2.75) is 23.9 Å². The number of aliphatic imine (C=N–C) groups is 1. The molecule has 12 nitrogen and oxygen atoms in total. The molecule has 32 heavy (non-hydrogen) atoms. The Balaban J connectivity index is 1.59. The first-order chi connectivity index (χ1) is 15.3. The highest BCUT2D eigenvalue weighted by Crippen LogP contribution is 2.46. The van der Waals surface area contributed by atoms with Gasteiger partial charge in [-0.15, -0.1) is 0 Å². The van der Waals surface area contributed by atoms with Crippen LogP contribution in [0.4, 0.5) is 5.82 Å². The number of fused-ring (bicyclic) bond motifs is 1. The predicted molar refractivity (Wildman–Crippen MR) is 113 cm³/mol. The van der Waals surface area contributed by atoms with Gasteiger partial charge < -0.3 is 25.2 Å². The molecule has 3 heterocycles. The maximum absolute atomic E-state index is 12.3. The van der Waals surface area contributed by atoms with E-state index in [1.807, 2.05) is 0 Å². The number of anilines is 1. The fourth-order valence-electron chi connectivity index (χ4n) is 3.61. The molecule has 1 aliphatic heterocycles. The first kappa shape index (κ1) is 22.3. The van der Waals surface area contributed by atoms with Crippen LogP contribution in [0.2, 0.25) is 0 Å². The minimum Gasteiger partial charge on any atom is -0.404 e. The number of nitrogen functional groups attached to an aromatic ring is 1. The van der Waals surface area contributed by atoms with Gasteiger partial charge in [-0.3, -0.25) is 14.4 Å². The van der Waals surface area contributed by atoms with Crippen molar-refractivity contribution in [3.63, 3.8) is 0 Å². The van der Waals surface area contributed by atoms with E-state index < -0.39 is 38.3 Å². The molecule has 2 aromatic heterocycles. The van der Waals surface area contributed by atoms with E-state index in [9.17, 15) is 19.7 Å². The third-order valence-corrected chi connectivity index (χ3v) is 5.98. The minimum absolute atomic E-state index is 0.135. The molecule has 1 saturated heterocycles. The standard InChI is InChI=1S/C19H22N5O7P/c1-21-10-19(15-8-7-13-18(20)22-11-23-24(13)15)17(26)16(25)14(30-19)9-29-32(27,28)31-12-5-3-2-4-6-12/h2-8,10-11,14,16-17,25-26H,9H2,1H3,(H,27,28)(H2,20,22,23)/t14-,16-,17-,19+/m1/s1. The van der Waals surface area contributed by atoms with E-state index in [4.69, 9.17) is 19.5 Å². The van der Waals surface area contributed by atoms with E-state index in [-0.39, 0.29) is 11.6 Å². The van der Waals surface area contributed by atoms with Crippen molar-refractivity contribution in [1.29, 1.82) is 0 Å². The van der Waals surface area contributed by atoms with Crippen LogP contribution in [0.15, 0.2) is 53.8 Å². The minimum atomic E-state index is -4.52. The van der Waals surface area contributed by atoms with Gasteiger partial charge in [-0.25, -0.2) is 14.1 Å². The number of aliphatic hydroxyl groups is 2. The first-order valence-electron chi connectivity index (χ1n) is 9.55. The topological polar surface area (TPSA) is 174 Å². The van der Waals surface area contributed by atoms with E-state index in [0.717, 1.165) is 0 Å². The molecule has 170 valence electrons. The quantitative estimate of drug-likeness (QED) is 0.286. The second kappa shape index (κ2) is 8.58. The van der Waals surface area contributed by atoms with Gasteiger partial charge in [0.1, 0.15) is 35.9 Å². The third kappa shape index (κ3) is 3.99. The van der Waals surface area contributed by atoms with Crippen molar-refractivity contribution in [2.75, 3.05) is 19.4 Å². The van der Waals surface area contributed by atoms with Gasteiger partial charge >= 0.3 is 7.82 Å². The van der Waals surface area contributed by atoms with E-state index in [0.29, 0.717) is 11.2 Å². The average molecular weight is 463 g/mol. The van der Waals surface area contributed by atoms with Gasteiger partial charge in [-0.2, -0.15) is 5.10 Å². The zero-order valence-corrected chi connectivity index (χ0v) is 17.8. The molecule has 4 rings (SSSR count). The summed E-state index contributed by atoms with van der Waals surface area (Å²) in [5, 5.41) is 25.7. The van der Waals surface area contributed by atoms with Crippen molar-refractivity contribution in [2.24, 2.45) is 4.99 Å². The van der Waals surface area contributed by atoms with E-state index in [1.54, 1.807) is 30.3 Å². The van der Waals surface area contributed by atoms with Gasteiger partial charge in [0.15, 0.2) is 11.4 Å². The number of nitrogens with two attached hydrogens (primary N) is 1. The number of phosphoric ester groups is 1. The molecule has 5 N–H and O–H groups in total. The molecule has 1 unspecified atom stereocenters. The first-order valence-corrected chi connectivity index (χ1v) is 11.0. The molecular formula is C19H22N5O7P. The van der Waals surface area contributed by atoms with Crippen LogP contribution in [0, 0.1) is 0 Å². The Morgan fingerprint density at radius 3 is 2.78 bits per heavy atom. The molecular weight excluding hydrogens is 441 g/mol. The zero-order valence-electron chi connectivity index (χ0n) is 16.9. The number of phosphoric acid groups is 1. The molecule has 3 aromatic rings. The molecule has 0 aliphatic carbocycles. The Bertz CT molecular complexity index is 1170. The van der Waals surface area contributed by atoms with Crippen molar-refractivity contribution in [3.05, 3.63) is 54.5 Å². The van der Waals surface area contributed by atoms with E-state index in [2.05, 4.69) is 15.1 Å². The second-order valence-corrected chi connectivity index (χ2v) is 8.48. The van der Waals surface area contributed by atoms with E-state index >= 15 is 0 Å². The highest BCUT2D eigenvalue weighted by Gasteiger charge is 2.56. The van der Waals surface area contributed by atoms with Crippen LogP contribution in [-0.4, -0.2) is 67.9 Å². The average Bonchev–Trinajstić information content (AvgIpc) is 3.30. The third-order valence-electron chi connectivity index (χ3n) is 5.06. The van der Waals surface area contributed by atoms with Crippen molar-refractivity contribution in [3.8, 4) is 5.75 Å². The van der Waals surface area contributed by atoms with Crippen LogP contribution in [-0.2, 0) is 19.4 Å². The van der Waals surface area contributed by atoms with Crippen molar-refractivity contribution >= 4 is 25.4 Å². The van der Waals surface area contributed by atoms with Crippen LogP contribution in [0.3, 0.4) is 0 Å². The van der Waals surface area contributed by atoms with Crippen molar-refractivity contribution < 1.29 is 33.5 Å². The lowest BCUT2D eigenvalue weighted by molar-refractivity contribution is -0.0526. The molecule has 0 amide bonds. The number of aromatic nitrogens is 3. The van der Waals surface area contributed by atoms with Gasteiger partial charge in [0.25, 0.3) is 0 Å². The number of benzene rings is 1. The normalized spacial score (nSPS) is 27.7. The summed E-state index contributed by atoms with van der Waals surface area (Å²) in [6, 6.07) is 11.2. The Labute approximate surface area is 182 Å². The maximum atomic E-state index is 12.3. The largest absolute Gasteiger partial charge is 0.527 e. The van der Waals surface area contributed by atoms with Gasteiger partial charge in [0.05, 0.1) is 12.3 Å². The fraction of sp³-hybridized carbons (Fsp3) is 0.316. The second-order valence-electron chi connectivity index (χ2n) is 7.10. The van der Waals surface area contributed by atoms with Crippen LogP contribution in [0.5, 0.6) is 5.75 Å². The lowest BCUT2D eigenvalue weighted by Gasteiger charge is -2.27. The number of hydrogen-bond donors (Lipinski definition) is 4. The number of aliphatic hydroxyl groups excluding tert-OH is 2. The Morgan fingerprint density at radius 2 is 2.06 bits per heavy atom. The Kier molecular flexibility index (Phi) is 5.99. The molecule has 0 spiro atoms. The van der Waals surface area contributed by atoms with E-state index in [1.165, 1.54) is 36.2 Å². The molecule has 13 heteroatoms. The number of rotatable bonds is 7. The molecule has 5 atom stereocenters. The number of ether oxygens (including phenoxy) is 1. The van der Waals surface area contributed by atoms with Gasteiger partial charge in [0, 0.05) is 13.3 Å². The highest BCUT2D eigenvalue weighted by molar-refractivity contribution is 7.47. The van der Waals surface area contributed by atoms with Crippen LogP contribution in [0.1, 0.15) is 5.69 Å². The molecule has 0 radical (unpaired) electrons. The summed E-state index contributed by atoms with van der Waals surface area (Å²) >= 11 is 0. The maximum Gasteiger partial charge on any atom is 0.527 e. The lowest BCUT2D eigenvalue weighted by Crippen LogP contribution is -2.43. The smallest absolute Gasteiger partial charge is 0.404 e. The lowest BCUT2D eigenvalue weighted by atomic mass is 9.92. The van der Waals surface area contributed by atoms with Gasteiger partial charge in [0.2, 0.25) is 0 Å².